The van der Waals surface area contributed by atoms with Crippen molar-refractivity contribution < 1.29 is 9.13 Å². The average Bonchev–Trinajstić information content (AvgIpc) is 3.10. The lowest BCUT2D eigenvalue weighted by atomic mass is 10.1. The third-order valence-electron chi connectivity index (χ3n) is 2.84. The molecule has 2 rings (SSSR count). The van der Waals surface area contributed by atoms with E-state index in [4.69, 9.17) is 16.3 Å². The maximum Gasteiger partial charge on any atom is 0.149 e. The zero-order valence-corrected chi connectivity index (χ0v) is 10.0. The Morgan fingerprint density at radius 2 is 2.38 bits per heavy atom. The fraction of sp³-hybridized carbons (Fsp3) is 0.583. The van der Waals surface area contributed by atoms with Gasteiger partial charge in [0.25, 0.3) is 0 Å². The first-order chi connectivity index (χ1) is 7.74. The smallest absolute Gasteiger partial charge is 0.149 e. The molecule has 0 amide bonds. The van der Waals surface area contributed by atoms with Crippen molar-refractivity contribution in [3.63, 3.8) is 0 Å². The van der Waals surface area contributed by atoms with Crippen LogP contribution in [0.1, 0.15) is 41.8 Å². The van der Waals surface area contributed by atoms with Crippen molar-refractivity contribution in [1.82, 2.24) is 4.98 Å². The number of rotatable bonds is 5. The zero-order valence-electron chi connectivity index (χ0n) is 9.25. The van der Waals surface area contributed by atoms with E-state index in [1.54, 1.807) is 19.4 Å². The lowest BCUT2D eigenvalue weighted by Gasteiger charge is -2.11. The largest absolute Gasteiger partial charge is 0.385 e. The number of aromatic nitrogens is 1. The number of hydrogen-bond donors (Lipinski definition) is 0. The molecule has 1 saturated carbocycles. The standard InChI is InChI=1S/C12H15ClFNO/c1-16-7-5-10(13)12-11(14)9(4-6-15-12)8-2-3-8/h4,6,8,10H,2-3,5,7H2,1H3. The van der Waals surface area contributed by atoms with Crippen molar-refractivity contribution in [2.75, 3.05) is 13.7 Å². The first kappa shape index (κ1) is 11.8. The van der Waals surface area contributed by atoms with Gasteiger partial charge in [0.15, 0.2) is 0 Å². The Hall–Kier alpha value is -0.670. The predicted octanol–water partition coefficient (Wildman–Crippen LogP) is 3.41. The SMILES string of the molecule is COCCC(Cl)c1nccc(C2CC2)c1F. The molecule has 0 N–H and O–H groups in total. The summed E-state index contributed by atoms with van der Waals surface area (Å²) in [7, 11) is 1.61. The third kappa shape index (κ3) is 2.53. The number of methoxy groups -OCH3 is 1. The van der Waals surface area contributed by atoms with Crippen LogP contribution in [0.25, 0.3) is 0 Å². The minimum atomic E-state index is -0.404. The van der Waals surface area contributed by atoms with Crippen molar-refractivity contribution in [1.29, 1.82) is 0 Å². The molecule has 0 aromatic carbocycles. The zero-order chi connectivity index (χ0) is 11.5. The maximum absolute atomic E-state index is 14.1. The summed E-state index contributed by atoms with van der Waals surface area (Å²) in [4.78, 5) is 4.04. The Kier molecular flexibility index (Phi) is 3.77. The minimum Gasteiger partial charge on any atom is -0.385 e. The molecular weight excluding hydrogens is 229 g/mol. The summed E-state index contributed by atoms with van der Waals surface area (Å²) in [6, 6.07) is 1.76. The molecule has 1 aromatic heterocycles. The highest BCUT2D eigenvalue weighted by atomic mass is 35.5. The summed E-state index contributed by atoms with van der Waals surface area (Å²) in [5.41, 5.74) is 1.14. The molecule has 4 heteroatoms. The third-order valence-corrected chi connectivity index (χ3v) is 3.26. The molecule has 1 unspecified atom stereocenters. The van der Waals surface area contributed by atoms with Gasteiger partial charge in [0.2, 0.25) is 0 Å². The highest BCUT2D eigenvalue weighted by Crippen LogP contribution is 2.42. The number of nitrogens with zero attached hydrogens (tertiary/aromatic N) is 1. The Morgan fingerprint density at radius 1 is 1.62 bits per heavy atom. The molecule has 1 fully saturated rings. The van der Waals surface area contributed by atoms with Gasteiger partial charge in [0.05, 0.1) is 11.1 Å². The highest BCUT2D eigenvalue weighted by molar-refractivity contribution is 6.20. The Labute approximate surface area is 99.8 Å². The van der Waals surface area contributed by atoms with Crippen LogP contribution in [0.5, 0.6) is 0 Å². The normalized spacial score (nSPS) is 17.4. The number of pyridine rings is 1. The van der Waals surface area contributed by atoms with Crippen LogP contribution >= 0.6 is 11.6 Å². The van der Waals surface area contributed by atoms with Crippen molar-refractivity contribution in [3.8, 4) is 0 Å². The maximum atomic E-state index is 14.1. The molecular formula is C12H15ClFNO. The topological polar surface area (TPSA) is 22.1 Å². The van der Waals surface area contributed by atoms with Gasteiger partial charge in [-0.2, -0.15) is 0 Å². The van der Waals surface area contributed by atoms with Crippen LogP contribution in [0.4, 0.5) is 4.39 Å². The summed E-state index contributed by atoms with van der Waals surface area (Å²) in [6.07, 6.45) is 4.38. The number of halogens is 2. The number of ether oxygens (including phenoxy) is 1. The number of hydrogen-bond acceptors (Lipinski definition) is 2. The monoisotopic (exact) mass is 243 g/mol. The molecule has 1 aliphatic rings. The molecule has 0 bridgehead atoms. The van der Waals surface area contributed by atoms with Gasteiger partial charge < -0.3 is 4.74 Å². The van der Waals surface area contributed by atoms with Crippen LogP contribution in [0.3, 0.4) is 0 Å². The van der Waals surface area contributed by atoms with Crippen LogP contribution in [0, 0.1) is 5.82 Å². The number of alkyl halides is 1. The molecule has 88 valence electrons. The molecule has 16 heavy (non-hydrogen) atoms. The van der Waals surface area contributed by atoms with Crippen LogP contribution in [0.2, 0.25) is 0 Å². The van der Waals surface area contributed by atoms with E-state index in [0.717, 1.165) is 18.4 Å². The quantitative estimate of drug-likeness (QED) is 0.740. The van der Waals surface area contributed by atoms with Gasteiger partial charge in [-0.15, -0.1) is 11.6 Å². The predicted molar refractivity (Wildman–Crippen MR) is 61.3 cm³/mol. The van der Waals surface area contributed by atoms with E-state index in [1.807, 2.05) is 0 Å². The van der Waals surface area contributed by atoms with Gasteiger partial charge >= 0.3 is 0 Å². The molecule has 2 nitrogen and oxygen atoms in total. The Morgan fingerprint density at radius 3 is 3.00 bits per heavy atom. The molecule has 1 aliphatic carbocycles. The van der Waals surface area contributed by atoms with E-state index in [2.05, 4.69) is 4.98 Å². The van der Waals surface area contributed by atoms with Gasteiger partial charge in [-0.1, -0.05) is 0 Å². The molecule has 0 spiro atoms. The summed E-state index contributed by atoms with van der Waals surface area (Å²) < 4.78 is 19.0. The second-order valence-corrected chi connectivity index (χ2v) is 4.65. The van der Waals surface area contributed by atoms with Gasteiger partial charge in [0.1, 0.15) is 5.82 Å². The van der Waals surface area contributed by atoms with Crippen LogP contribution in [-0.4, -0.2) is 18.7 Å². The van der Waals surface area contributed by atoms with Crippen molar-refractivity contribution in [2.24, 2.45) is 0 Å². The van der Waals surface area contributed by atoms with Crippen molar-refractivity contribution in [3.05, 3.63) is 29.3 Å². The lowest BCUT2D eigenvalue weighted by Crippen LogP contribution is -2.04. The average molecular weight is 244 g/mol. The second kappa shape index (κ2) is 5.11. The molecule has 1 atom stereocenters. The van der Waals surface area contributed by atoms with Gasteiger partial charge in [-0.25, -0.2) is 4.39 Å². The molecule has 0 radical (unpaired) electrons. The fourth-order valence-electron chi connectivity index (χ4n) is 1.76. The van der Waals surface area contributed by atoms with E-state index in [9.17, 15) is 4.39 Å². The van der Waals surface area contributed by atoms with Crippen LogP contribution < -0.4 is 0 Å². The van der Waals surface area contributed by atoms with Crippen molar-refractivity contribution in [2.45, 2.75) is 30.6 Å². The molecule has 1 aromatic rings. The van der Waals surface area contributed by atoms with Gasteiger partial charge in [-0.05, 0) is 36.8 Å². The summed E-state index contributed by atoms with van der Waals surface area (Å²) >= 11 is 6.10. The van der Waals surface area contributed by atoms with Gasteiger partial charge in [-0.3, -0.25) is 4.98 Å². The Balaban J connectivity index is 2.16. The Bertz CT molecular complexity index is 368. The summed E-state index contributed by atoms with van der Waals surface area (Å²) in [6.45, 7) is 0.517. The fourth-order valence-corrected chi connectivity index (χ4v) is 2.00. The molecule has 0 aliphatic heterocycles. The van der Waals surface area contributed by atoms with Crippen LogP contribution in [0.15, 0.2) is 12.3 Å². The lowest BCUT2D eigenvalue weighted by molar-refractivity contribution is 0.193. The highest BCUT2D eigenvalue weighted by Gasteiger charge is 2.29. The van der Waals surface area contributed by atoms with Crippen molar-refractivity contribution >= 4 is 11.6 Å². The van der Waals surface area contributed by atoms with E-state index in [1.165, 1.54) is 0 Å². The van der Waals surface area contributed by atoms with E-state index in [0.29, 0.717) is 24.6 Å². The van der Waals surface area contributed by atoms with Gasteiger partial charge in [0, 0.05) is 19.9 Å². The molecule has 1 heterocycles. The summed E-state index contributed by atoms with van der Waals surface area (Å²) in [5, 5.41) is -0.404. The van der Waals surface area contributed by atoms with E-state index < -0.39 is 5.38 Å². The first-order valence-electron chi connectivity index (χ1n) is 5.51. The van der Waals surface area contributed by atoms with E-state index in [-0.39, 0.29) is 5.82 Å². The second-order valence-electron chi connectivity index (χ2n) is 4.12. The van der Waals surface area contributed by atoms with E-state index >= 15 is 0 Å². The summed E-state index contributed by atoms with van der Waals surface area (Å²) in [5.74, 6) is 0.161. The van der Waals surface area contributed by atoms with Crippen LogP contribution in [-0.2, 0) is 4.74 Å². The first-order valence-corrected chi connectivity index (χ1v) is 5.95. The molecule has 0 saturated heterocycles. The minimum absolute atomic E-state index is 0.221.